The lowest BCUT2D eigenvalue weighted by Gasteiger charge is -2.11. The van der Waals surface area contributed by atoms with E-state index in [1.54, 1.807) is 0 Å². The maximum Gasteiger partial charge on any atom is 0.271 e. The zero-order valence-electron chi connectivity index (χ0n) is 15.3. The molecule has 0 unspecified atom stereocenters. The number of amides is 1. The number of carbonyl (C=O) groups is 1. The van der Waals surface area contributed by atoms with Crippen molar-refractivity contribution in [1.29, 1.82) is 0 Å². The van der Waals surface area contributed by atoms with Crippen LogP contribution in [-0.4, -0.2) is 21.0 Å². The lowest BCUT2D eigenvalue weighted by Crippen LogP contribution is -2.12. The number of nitro benzene ring substituents is 1. The summed E-state index contributed by atoms with van der Waals surface area (Å²) in [5.41, 5.74) is -0.0761. The van der Waals surface area contributed by atoms with Crippen LogP contribution in [0.2, 0.25) is 10.0 Å². The number of hydrogen-bond donors (Lipinski definition) is 3. The van der Waals surface area contributed by atoms with E-state index in [0.717, 1.165) is 6.07 Å². The van der Waals surface area contributed by atoms with Gasteiger partial charge in [-0.15, -0.1) is 0 Å². The first-order valence-corrected chi connectivity index (χ1v) is 9.08. The SMILES string of the molecule is CC.O=C(Nc1ccc([N+](=O)[O-])cc1Cl)c1cc(Cl)c(-c2occc2O)cc1O. The first-order valence-electron chi connectivity index (χ1n) is 8.32. The van der Waals surface area contributed by atoms with E-state index in [4.69, 9.17) is 27.6 Å². The van der Waals surface area contributed by atoms with Gasteiger partial charge in [0.2, 0.25) is 0 Å². The Morgan fingerprint density at radius 3 is 2.31 bits per heavy atom. The molecular weight excluding hydrogens is 423 g/mol. The highest BCUT2D eigenvalue weighted by atomic mass is 35.5. The molecule has 2 aromatic carbocycles. The predicted octanol–water partition coefficient (Wildman–Crippen LogP) is 5.85. The fourth-order valence-electron chi connectivity index (χ4n) is 2.33. The van der Waals surface area contributed by atoms with Gasteiger partial charge in [0.25, 0.3) is 11.6 Å². The molecule has 29 heavy (non-hydrogen) atoms. The standard InChI is InChI=1S/C17H10Cl2N2O6.C2H6/c18-11-6-10(15(23)7-9(11)16-14(22)3-4-27-16)17(24)20-13-2-1-8(21(25)26)5-12(13)19;1-2/h1-7,22-23H,(H,20,24);1-2H3. The average Bonchev–Trinajstić information content (AvgIpc) is 3.12. The maximum absolute atomic E-state index is 12.4. The Morgan fingerprint density at radius 1 is 1.07 bits per heavy atom. The van der Waals surface area contributed by atoms with Crippen LogP contribution >= 0.6 is 23.2 Å². The topological polar surface area (TPSA) is 126 Å². The Morgan fingerprint density at radius 2 is 1.76 bits per heavy atom. The summed E-state index contributed by atoms with van der Waals surface area (Å²) in [6, 6.07) is 7.21. The van der Waals surface area contributed by atoms with Gasteiger partial charge in [0.1, 0.15) is 5.75 Å². The maximum atomic E-state index is 12.4. The number of halogens is 2. The van der Waals surface area contributed by atoms with Gasteiger partial charge in [0, 0.05) is 23.8 Å². The summed E-state index contributed by atoms with van der Waals surface area (Å²) in [7, 11) is 0. The summed E-state index contributed by atoms with van der Waals surface area (Å²) < 4.78 is 5.11. The number of phenols is 1. The average molecular weight is 439 g/mol. The molecule has 1 aromatic heterocycles. The molecule has 1 amide bonds. The van der Waals surface area contributed by atoms with Crippen LogP contribution in [0.5, 0.6) is 11.5 Å². The Labute approximate surface area is 175 Å². The van der Waals surface area contributed by atoms with E-state index in [-0.39, 0.29) is 44.1 Å². The third kappa shape index (κ3) is 4.79. The number of nitrogens with zero attached hydrogens (tertiary/aromatic N) is 1. The minimum atomic E-state index is -0.736. The van der Waals surface area contributed by atoms with Gasteiger partial charge in [-0.2, -0.15) is 0 Å². The number of carbonyl (C=O) groups excluding carboxylic acids is 1. The molecule has 152 valence electrons. The van der Waals surface area contributed by atoms with Gasteiger partial charge in [0.15, 0.2) is 11.5 Å². The van der Waals surface area contributed by atoms with Crippen molar-refractivity contribution >= 4 is 40.5 Å². The van der Waals surface area contributed by atoms with E-state index < -0.39 is 16.6 Å². The molecule has 0 saturated heterocycles. The highest BCUT2D eigenvalue weighted by Gasteiger charge is 2.20. The predicted molar refractivity (Wildman–Crippen MR) is 110 cm³/mol. The molecule has 0 saturated carbocycles. The Balaban J connectivity index is 0.00000145. The molecule has 1 heterocycles. The molecule has 0 atom stereocenters. The highest BCUT2D eigenvalue weighted by molar-refractivity contribution is 6.35. The van der Waals surface area contributed by atoms with E-state index in [0.29, 0.717) is 0 Å². The zero-order chi connectivity index (χ0) is 21.7. The normalized spacial score (nSPS) is 10.1. The molecule has 0 aliphatic heterocycles. The zero-order valence-corrected chi connectivity index (χ0v) is 16.8. The number of non-ortho nitro benzene ring substituents is 1. The molecule has 0 aliphatic rings. The Hall–Kier alpha value is -3.23. The number of nitrogens with one attached hydrogen (secondary N) is 1. The monoisotopic (exact) mass is 438 g/mol. The molecule has 0 aliphatic carbocycles. The minimum absolute atomic E-state index is 0.0414. The van der Waals surface area contributed by atoms with Crippen LogP contribution in [-0.2, 0) is 0 Å². The van der Waals surface area contributed by atoms with Gasteiger partial charge < -0.3 is 19.9 Å². The Kier molecular flexibility index (Phi) is 7.08. The fourth-order valence-corrected chi connectivity index (χ4v) is 2.80. The summed E-state index contributed by atoms with van der Waals surface area (Å²) in [6.45, 7) is 4.00. The number of benzene rings is 2. The van der Waals surface area contributed by atoms with Gasteiger partial charge in [0.05, 0.1) is 32.5 Å². The number of hydrogen-bond acceptors (Lipinski definition) is 6. The van der Waals surface area contributed by atoms with Crippen LogP contribution in [0, 0.1) is 10.1 Å². The fraction of sp³-hybridized carbons (Fsp3) is 0.105. The van der Waals surface area contributed by atoms with E-state index in [2.05, 4.69) is 5.32 Å². The minimum Gasteiger partial charge on any atom is -0.507 e. The van der Waals surface area contributed by atoms with Crippen molar-refractivity contribution in [3.63, 3.8) is 0 Å². The van der Waals surface area contributed by atoms with Crippen LogP contribution in [0.3, 0.4) is 0 Å². The van der Waals surface area contributed by atoms with Crippen molar-refractivity contribution in [3.05, 3.63) is 68.4 Å². The van der Waals surface area contributed by atoms with Gasteiger partial charge in [-0.1, -0.05) is 37.0 Å². The van der Waals surface area contributed by atoms with Gasteiger partial charge in [-0.3, -0.25) is 14.9 Å². The van der Waals surface area contributed by atoms with Crippen LogP contribution in [0.1, 0.15) is 24.2 Å². The van der Waals surface area contributed by atoms with Crippen molar-refractivity contribution in [2.45, 2.75) is 13.8 Å². The summed E-state index contributed by atoms with van der Waals surface area (Å²) in [4.78, 5) is 22.5. The number of rotatable bonds is 4. The van der Waals surface area contributed by atoms with Crippen molar-refractivity contribution in [2.24, 2.45) is 0 Å². The summed E-state index contributed by atoms with van der Waals surface area (Å²) in [5, 5.41) is 33.1. The Bertz CT molecular complexity index is 1060. The molecule has 3 N–H and O–H groups in total. The van der Waals surface area contributed by atoms with Crippen molar-refractivity contribution in [1.82, 2.24) is 0 Å². The second kappa shape index (κ2) is 9.31. The largest absolute Gasteiger partial charge is 0.507 e. The number of furan rings is 1. The molecule has 0 bridgehead atoms. The van der Waals surface area contributed by atoms with Gasteiger partial charge in [-0.25, -0.2) is 0 Å². The van der Waals surface area contributed by atoms with E-state index >= 15 is 0 Å². The number of anilines is 1. The molecule has 10 heteroatoms. The molecule has 0 radical (unpaired) electrons. The van der Waals surface area contributed by atoms with Crippen LogP contribution in [0.15, 0.2) is 47.1 Å². The smallest absolute Gasteiger partial charge is 0.271 e. The van der Waals surface area contributed by atoms with Crippen LogP contribution in [0.25, 0.3) is 11.3 Å². The van der Waals surface area contributed by atoms with Gasteiger partial charge >= 0.3 is 0 Å². The first kappa shape index (κ1) is 22.1. The van der Waals surface area contributed by atoms with Crippen molar-refractivity contribution in [2.75, 3.05) is 5.32 Å². The molecule has 3 rings (SSSR count). The lowest BCUT2D eigenvalue weighted by atomic mass is 10.1. The molecule has 3 aromatic rings. The summed E-state index contributed by atoms with van der Waals surface area (Å²) >= 11 is 12.1. The molecular formula is C19H16Cl2N2O6. The quantitative estimate of drug-likeness (QED) is 0.346. The second-order valence-electron chi connectivity index (χ2n) is 5.36. The van der Waals surface area contributed by atoms with Crippen LogP contribution < -0.4 is 5.32 Å². The number of aromatic hydroxyl groups is 2. The molecule has 0 spiro atoms. The third-order valence-corrected chi connectivity index (χ3v) is 4.26. The van der Waals surface area contributed by atoms with Crippen molar-refractivity contribution in [3.8, 4) is 22.8 Å². The summed E-state index contributed by atoms with van der Waals surface area (Å²) in [6.07, 6.45) is 1.25. The number of nitro groups is 1. The molecule has 8 nitrogen and oxygen atoms in total. The first-order chi connectivity index (χ1) is 13.8. The lowest BCUT2D eigenvalue weighted by molar-refractivity contribution is -0.384. The number of phenolic OH excluding ortho intramolecular Hbond substituents is 1. The second-order valence-corrected chi connectivity index (χ2v) is 6.17. The van der Waals surface area contributed by atoms with Gasteiger partial charge in [-0.05, 0) is 18.2 Å². The van der Waals surface area contributed by atoms with E-state index in [9.17, 15) is 25.1 Å². The third-order valence-electron chi connectivity index (χ3n) is 3.63. The summed E-state index contributed by atoms with van der Waals surface area (Å²) in [5.74, 6) is -1.28. The highest BCUT2D eigenvalue weighted by Crippen LogP contribution is 2.39. The molecule has 0 fully saturated rings. The van der Waals surface area contributed by atoms with E-state index in [1.165, 1.54) is 36.6 Å². The van der Waals surface area contributed by atoms with Crippen LogP contribution in [0.4, 0.5) is 11.4 Å². The van der Waals surface area contributed by atoms with E-state index in [1.807, 2.05) is 13.8 Å². The van der Waals surface area contributed by atoms with Crippen molar-refractivity contribution < 1.29 is 24.3 Å².